The number of ketones is 1. The topological polar surface area (TPSA) is 49.4 Å². The number of likely N-dealkylation sites (N-methyl/N-ethyl adjacent to an activating group) is 1. The van der Waals surface area contributed by atoms with Crippen molar-refractivity contribution in [1.82, 2.24) is 10.2 Å². The zero-order chi connectivity index (χ0) is 17.5. The summed E-state index contributed by atoms with van der Waals surface area (Å²) in [4.78, 5) is 28.3. The molecule has 0 fully saturated rings. The van der Waals surface area contributed by atoms with Crippen LogP contribution in [0.1, 0.15) is 39.0 Å². The predicted octanol–water partition coefficient (Wildman–Crippen LogP) is 3.44. The van der Waals surface area contributed by atoms with Crippen LogP contribution in [-0.4, -0.2) is 37.2 Å². The highest BCUT2D eigenvalue weighted by molar-refractivity contribution is 7.14. The Morgan fingerprint density at radius 3 is 2.38 bits per heavy atom. The summed E-state index contributed by atoms with van der Waals surface area (Å²) in [5.41, 5.74) is 1.07. The lowest BCUT2D eigenvalue weighted by atomic mass is 10.1. The molecule has 1 amide bonds. The minimum Gasteiger partial charge on any atom is -0.348 e. The van der Waals surface area contributed by atoms with Gasteiger partial charge in [-0.05, 0) is 38.7 Å². The van der Waals surface area contributed by atoms with Gasteiger partial charge in [-0.1, -0.05) is 30.3 Å². The van der Waals surface area contributed by atoms with Gasteiger partial charge in [0.1, 0.15) is 0 Å². The van der Waals surface area contributed by atoms with Gasteiger partial charge in [0, 0.05) is 24.3 Å². The van der Waals surface area contributed by atoms with Crippen molar-refractivity contribution in [3.05, 3.63) is 57.8 Å². The van der Waals surface area contributed by atoms with E-state index in [0.29, 0.717) is 6.54 Å². The maximum Gasteiger partial charge on any atom is 0.220 e. The van der Waals surface area contributed by atoms with Crippen LogP contribution in [0.2, 0.25) is 0 Å². The van der Waals surface area contributed by atoms with Crippen molar-refractivity contribution in [1.29, 1.82) is 0 Å². The first-order valence-electron chi connectivity index (χ1n) is 8.04. The lowest BCUT2D eigenvalue weighted by Gasteiger charge is -2.22. The molecule has 1 unspecified atom stereocenters. The largest absolute Gasteiger partial charge is 0.348 e. The Balaban J connectivity index is 1.91. The molecular weight excluding hydrogens is 320 g/mol. The molecule has 1 aromatic heterocycles. The average molecular weight is 344 g/mol. The Bertz CT molecular complexity index is 680. The monoisotopic (exact) mass is 344 g/mol. The van der Waals surface area contributed by atoms with Gasteiger partial charge in [0.25, 0.3) is 0 Å². The van der Waals surface area contributed by atoms with Crippen LogP contribution in [0.3, 0.4) is 0 Å². The Labute approximate surface area is 147 Å². The van der Waals surface area contributed by atoms with E-state index in [-0.39, 0.29) is 30.6 Å². The molecule has 0 spiro atoms. The summed E-state index contributed by atoms with van der Waals surface area (Å²) >= 11 is 1.48. The number of nitrogens with one attached hydrogen (secondary N) is 1. The quantitative estimate of drug-likeness (QED) is 0.746. The van der Waals surface area contributed by atoms with Crippen LogP contribution < -0.4 is 5.32 Å². The van der Waals surface area contributed by atoms with Crippen LogP contribution in [0.4, 0.5) is 0 Å². The third kappa shape index (κ3) is 5.58. The maximum absolute atomic E-state index is 12.3. The Morgan fingerprint density at radius 2 is 1.79 bits per heavy atom. The van der Waals surface area contributed by atoms with Gasteiger partial charge in [-0.25, -0.2) is 0 Å². The van der Waals surface area contributed by atoms with Crippen LogP contribution >= 0.6 is 11.3 Å². The third-order valence-corrected chi connectivity index (χ3v) is 4.72. The van der Waals surface area contributed by atoms with Crippen LogP contribution in [0.5, 0.6) is 0 Å². The molecule has 2 rings (SSSR count). The molecular formula is C19H24N2O2S. The second kappa shape index (κ2) is 8.76. The molecule has 4 nitrogen and oxygen atoms in total. The predicted molar refractivity (Wildman–Crippen MR) is 98.5 cm³/mol. The smallest absolute Gasteiger partial charge is 0.220 e. The minimum atomic E-state index is -0.0904. The summed E-state index contributed by atoms with van der Waals surface area (Å²) < 4.78 is 0. The van der Waals surface area contributed by atoms with Crippen molar-refractivity contribution >= 4 is 23.0 Å². The second-order valence-electron chi connectivity index (χ2n) is 6.13. The fourth-order valence-electron chi connectivity index (χ4n) is 2.49. The van der Waals surface area contributed by atoms with Crippen LogP contribution in [-0.2, 0) is 4.79 Å². The highest BCUT2D eigenvalue weighted by Gasteiger charge is 2.17. The molecule has 0 aliphatic rings. The molecule has 0 radical (unpaired) electrons. The number of carbonyl (C=O) groups excluding carboxylic acids is 2. The van der Waals surface area contributed by atoms with Crippen LogP contribution in [0.25, 0.3) is 0 Å². The van der Waals surface area contributed by atoms with Crippen molar-refractivity contribution < 1.29 is 9.59 Å². The molecule has 0 bridgehead atoms. The maximum atomic E-state index is 12.3. The van der Waals surface area contributed by atoms with Gasteiger partial charge in [-0.3, -0.25) is 9.59 Å². The average Bonchev–Trinajstić information content (AvgIpc) is 2.99. The first kappa shape index (κ1) is 18.4. The fourth-order valence-corrected chi connectivity index (χ4v) is 3.32. The molecule has 5 heteroatoms. The number of amides is 1. The normalized spacial score (nSPS) is 12.2. The van der Waals surface area contributed by atoms with Gasteiger partial charge in [-0.2, -0.15) is 0 Å². The molecule has 1 N–H and O–H groups in total. The second-order valence-corrected chi connectivity index (χ2v) is 7.41. The van der Waals surface area contributed by atoms with E-state index in [1.807, 2.05) is 68.4 Å². The highest BCUT2D eigenvalue weighted by Crippen LogP contribution is 2.18. The van der Waals surface area contributed by atoms with Gasteiger partial charge >= 0.3 is 0 Å². The highest BCUT2D eigenvalue weighted by atomic mass is 32.1. The number of hydrogen-bond acceptors (Lipinski definition) is 4. The molecule has 1 atom stereocenters. The van der Waals surface area contributed by atoms with E-state index in [1.165, 1.54) is 11.3 Å². The summed E-state index contributed by atoms with van der Waals surface area (Å²) in [7, 11) is 3.95. The Kier molecular flexibility index (Phi) is 6.70. The first-order valence-corrected chi connectivity index (χ1v) is 8.86. The van der Waals surface area contributed by atoms with E-state index in [9.17, 15) is 9.59 Å². The summed E-state index contributed by atoms with van der Waals surface area (Å²) in [5, 5.41) is 3.05. The lowest BCUT2D eigenvalue weighted by Crippen LogP contribution is -2.35. The third-order valence-electron chi connectivity index (χ3n) is 3.68. The summed E-state index contributed by atoms with van der Waals surface area (Å²) in [6, 6.07) is 13.6. The summed E-state index contributed by atoms with van der Waals surface area (Å²) in [6.45, 7) is 2.69. The van der Waals surface area contributed by atoms with Gasteiger partial charge in [0.2, 0.25) is 5.91 Å². The summed E-state index contributed by atoms with van der Waals surface area (Å²) in [5.74, 6) is -0.0561. The number of nitrogens with zero attached hydrogens (tertiary/aromatic N) is 1. The van der Waals surface area contributed by atoms with Crippen molar-refractivity contribution in [3.63, 3.8) is 0 Å². The van der Waals surface area contributed by atoms with Crippen molar-refractivity contribution in [2.45, 2.75) is 25.8 Å². The standard InChI is InChI=1S/C19H24N2O2S/c1-14-9-11-18(24-14)17(22)10-12-19(23)20-16(13-21(2)3)15-7-5-4-6-8-15/h4-9,11,16H,10,12-13H2,1-3H3,(H,20,23). The number of benzene rings is 1. The van der Waals surface area contributed by atoms with Crippen molar-refractivity contribution in [2.24, 2.45) is 0 Å². The number of thiophene rings is 1. The molecule has 1 heterocycles. The molecule has 0 aliphatic carbocycles. The van der Waals surface area contributed by atoms with E-state index in [2.05, 4.69) is 5.32 Å². The van der Waals surface area contributed by atoms with Crippen LogP contribution in [0, 0.1) is 6.92 Å². The molecule has 0 saturated heterocycles. The zero-order valence-electron chi connectivity index (χ0n) is 14.4. The van der Waals surface area contributed by atoms with E-state index < -0.39 is 0 Å². The van der Waals surface area contributed by atoms with E-state index in [0.717, 1.165) is 15.3 Å². The number of aryl methyl sites for hydroxylation is 1. The van der Waals surface area contributed by atoms with Gasteiger partial charge in [0.15, 0.2) is 5.78 Å². The molecule has 128 valence electrons. The molecule has 0 aliphatic heterocycles. The SMILES string of the molecule is Cc1ccc(C(=O)CCC(=O)NC(CN(C)C)c2ccccc2)s1. The minimum absolute atomic E-state index is 0.0344. The van der Waals surface area contributed by atoms with E-state index in [4.69, 9.17) is 0 Å². The van der Waals surface area contributed by atoms with Crippen LogP contribution in [0.15, 0.2) is 42.5 Å². The van der Waals surface area contributed by atoms with E-state index in [1.54, 1.807) is 0 Å². The summed E-state index contributed by atoms with van der Waals surface area (Å²) in [6.07, 6.45) is 0.460. The fraction of sp³-hybridized carbons (Fsp3) is 0.368. The van der Waals surface area contributed by atoms with E-state index >= 15 is 0 Å². The van der Waals surface area contributed by atoms with Gasteiger partial charge in [-0.15, -0.1) is 11.3 Å². The first-order chi connectivity index (χ1) is 11.5. The molecule has 24 heavy (non-hydrogen) atoms. The number of hydrogen-bond donors (Lipinski definition) is 1. The Morgan fingerprint density at radius 1 is 1.08 bits per heavy atom. The number of Topliss-reactive ketones (excluding diaryl/α,β-unsaturated/α-hetero) is 1. The van der Waals surface area contributed by atoms with Gasteiger partial charge < -0.3 is 10.2 Å². The lowest BCUT2D eigenvalue weighted by molar-refractivity contribution is -0.121. The van der Waals surface area contributed by atoms with Crippen molar-refractivity contribution in [3.8, 4) is 0 Å². The zero-order valence-corrected chi connectivity index (χ0v) is 15.2. The molecule has 1 aromatic carbocycles. The Hall–Kier alpha value is -1.98. The number of rotatable bonds is 8. The molecule has 0 saturated carbocycles. The van der Waals surface area contributed by atoms with Gasteiger partial charge in [0.05, 0.1) is 10.9 Å². The van der Waals surface area contributed by atoms with Crippen molar-refractivity contribution in [2.75, 3.05) is 20.6 Å². The number of carbonyl (C=O) groups is 2. The molecule has 2 aromatic rings.